The summed E-state index contributed by atoms with van der Waals surface area (Å²) in [5, 5.41) is 9.79. The third-order valence-corrected chi connectivity index (χ3v) is 3.66. The van der Waals surface area contributed by atoms with E-state index in [1.54, 1.807) is 12.3 Å². The van der Waals surface area contributed by atoms with Gasteiger partial charge in [0.25, 0.3) is 5.91 Å². The number of H-pyrrole nitrogens is 1. The zero-order chi connectivity index (χ0) is 14.1. The molecule has 1 aliphatic rings. The minimum Gasteiger partial charge on any atom is -0.353 e. The van der Waals surface area contributed by atoms with Crippen LogP contribution in [-0.4, -0.2) is 28.1 Å². The summed E-state index contributed by atoms with van der Waals surface area (Å²) in [5.74, 6) is -0.0845. The first-order valence-electron chi connectivity index (χ1n) is 6.47. The van der Waals surface area contributed by atoms with Gasteiger partial charge in [-0.05, 0) is 18.6 Å². The molecule has 0 spiro atoms. The quantitative estimate of drug-likeness (QED) is 0.874. The number of aromatic amines is 1. The van der Waals surface area contributed by atoms with Crippen molar-refractivity contribution < 1.29 is 4.79 Å². The van der Waals surface area contributed by atoms with E-state index < -0.39 is 0 Å². The lowest BCUT2D eigenvalue weighted by Crippen LogP contribution is -2.44. The van der Waals surface area contributed by atoms with Crippen LogP contribution >= 0.6 is 0 Å². The van der Waals surface area contributed by atoms with E-state index in [-0.39, 0.29) is 12.1 Å². The van der Waals surface area contributed by atoms with E-state index in [0.29, 0.717) is 5.57 Å². The Kier molecular flexibility index (Phi) is 3.02. The smallest absolute Gasteiger partial charge is 0.257 e. The summed E-state index contributed by atoms with van der Waals surface area (Å²) in [7, 11) is 1.98. The topological polar surface area (TPSA) is 61.0 Å². The Bertz CT molecular complexity index is 646. The highest BCUT2D eigenvalue weighted by molar-refractivity contribution is 6.20. The van der Waals surface area contributed by atoms with Crippen molar-refractivity contribution in [3.8, 4) is 0 Å². The molecule has 0 bridgehead atoms. The van der Waals surface area contributed by atoms with Crippen LogP contribution in [0.5, 0.6) is 0 Å². The number of aromatic nitrogens is 2. The molecule has 2 N–H and O–H groups in total. The molecule has 5 heteroatoms. The molecule has 0 aliphatic carbocycles. The fourth-order valence-electron chi connectivity index (χ4n) is 2.48. The molecule has 102 valence electrons. The van der Waals surface area contributed by atoms with Crippen molar-refractivity contribution in [2.24, 2.45) is 0 Å². The predicted molar refractivity (Wildman–Crippen MR) is 76.3 cm³/mol. The maximum Gasteiger partial charge on any atom is 0.257 e. The molecule has 0 saturated heterocycles. The van der Waals surface area contributed by atoms with E-state index in [0.717, 1.165) is 17.0 Å². The van der Waals surface area contributed by atoms with Crippen LogP contribution in [0.25, 0.3) is 5.57 Å². The summed E-state index contributed by atoms with van der Waals surface area (Å²) in [4.78, 5) is 14.5. The van der Waals surface area contributed by atoms with Crippen molar-refractivity contribution >= 4 is 11.5 Å². The largest absolute Gasteiger partial charge is 0.353 e. The van der Waals surface area contributed by atoms with Gasteiger partial charge in [0.15, 0.2) is 0 Å². The van der Waals surface area contributed by atoms with Crippen LogP contribution in [0.3, 0.4) is 0 Å². The summed E-state index contributed by atoms with van der Waals surface area (Å²) < 4.78 is 0. The second-order valence-electron chi connectivity index (χ2n) is 4.83. The Hall–Kier alpha value is -2.56. The van der Waals surface area contributed by atoms with Crippen LogP contribution in [0.4, 0.5) is 0 Å². The summed E-state index contributed by atoms with van der Waals surface area (Å²) in [5.41, 5.74) is 3.36. The number of amides is 1. The minimum atomic E-state index is -0.143. The molecule has 2 aromatic rings. The van der Waals surface area contributed by atoms with Gasteiger partial charge >= 0.3 is 0 Å². The maximum atomic E-state index is 12.4. The van der Waals surface area contributed by atoms with E-state index in [1.807, 2.05) is 44.3 Å². The molecule has 5 nitrogen and oxygen atoms in total. The van der Waals surface area contributed by atoms with Crippen LogP contribution in [-0.2, 0) is 4.79 Å². The molecule has 2 heterocycles. The molecule has 20 heavy (non-hydrogen) atoms. The Morgan fingerprint density at radius 2 is 1.95 bits per heavy atom. The highest BCUT2D eigenvalue weighted by atomic mass is 16.2. The summed E-state index contributed by atoms with van der Waals surface area (Å²) in [6.45, 7) is 1.95. The van der Waals surface area contributed by atoms with E-state index in [1.165, 1.54) is 0 Å². The molecule has 3 rings (SSSR count). The minimum absolute atomic E-state index is 0.0845. The Morgan fingerprint density at radius 3 is 2.60 bits per heavy atom. The highest BCUT2D eigenvalue weighted by Gasteiger charge is 2.30. The summed E-state index contributed by atoms with van der Waals surface area (Å²) in [6.07, 6.45) is 1.50. The van der Waals surface area contributed by atoms with Gasteiger partial charge in [-0.2, -0.15) is 5.10 Å². The standard InChI is InChI=1S/C15H16N4O/c1-10-13(12-8-9-16-18-12)15(20)17-14(19(10)2)11-6-4-3-5-7-11/h3-9,14H,1-2H3,(H,16,18)(H,17,20). The molecule has 1 atom stereocenters. The molecule has 1 aromatic carbocycles. The van der Waals surface area contributed by atoms with E-state index >= 15 is 0 Å². The van der Waals surface area contributed by atoms with Gasteiger partial charge in [-0.25, -0.2) is 0 Å². The number of nitrogens with zero attached hydrogens (tertiary/aromatic N) is 2. The highest BCUT2D eigenvalue weighted by Crippen LogP contribution is 2.30. The van der Waals surface area contributed by atoms with Gasteiger partial charge < -0.3 is 10.2 Å². The number of nitrogens with one attached hydrogen (secondary N) is 2. The third-order valence-electron chi connectivity index (χ3n) is 3.66. The van der Waals surface area contributed by atoms with E-state index in [4.69, 9.17) is 0 Å². The molecule has 1 amide bonds. The lowest BCUT2D eigenvalue weighted by molar-refractivity contribution is -0.118. The number of hydrogen-bond acceptors (Lipinski definition) is 3. The van der Waals surface area contributed by atoms with Gasteiger partial charge in [-0.15, -0.1) is 0 Å². The second kappa shape index (κ2) is 4.85. The van der Waals surface area contributed by atoms with Crippen molar-refractivity contribution in [3.63, 3.8) is 0 Å². The lowest BCUT2D eigenvalue weighted by Gasteiger charge is -2.37. The predicted octanol–water partition coefficient (Wildman–Crippen LogP) is 1.90. The van der Waals surface area contributed by atoms with Crippen LogP contribution < -0.4 is 5.32 Å². The fourth-order valence-corrected chi connectivity index (χ4v) is 2.48. The molecule has 0 radical (unpaired) electrons. The van der Waals surface area contributed by atoms with Crippen molar-refractivity contribution in [3.05, 3.63) is 59.5 Å². The number of rotatable bonds is 2. The number of carbonyl (C=O) groups is 1. The fraction of sp³-hybridized carbons (Fsp3) is 0.200. The van der Waals surface area contributed by atoms with Crippen LogP contribution in [0, 0.1) is 0 Å². The van der Waals surface area contributed by atoms with Crippen molar-refractivity contribution in [2.75, 3.05) is 7.05 Å². The van der Waals surface area contributed by atoms with E-state index in [2.05, 4.69) is 20.4 Å². The maximum absolute atomic E-state index is 12.4. The Balaban J connectivity index is 2.01. The molecule has 1 aromatic heterocycles. The van der Waals surface area contributed by atoms with Gasteiger partial charge in [0.1, 0.15) is 6.17 Å². The second-order valence-corrected chi connectivity index (χ2v) is 4.83. The number of hydrogen-bond donors (Lipinski definition) is 2. The monoisotopic (exact) mass is 268 g/mol. The number of benzene rings is 1. The Labute approximate surface area is 117 Å². The summed E-state index contributed by atoms with van der Waals surface area (Å²) in [6, 6.07) is 11.7. The first-order valence-corrected chi connectivity index (χ1v) is 6.47. The van der Waals surface area contributed by atoms with Crippen LogP contribution in [0.15, 0.2) is 48.3 Å². The zero-order valence-electron chi connectivity index (χ0n) is 11.4. The number of carbonyl (C=O) groups excluding carboxylic acids is 1. The van der Waals surface area contributed by atoms with Gasteiger partial charge in [0.2, 0.25) is 0 Å². The van der Waals surface area contributed by atoms with E-state index in [9.17, 15) is 4.79 Å². The molecular weight excluding hydrogens is 252 g/mol. The first-order chi connectivity index (χ1) is 9.68. The van der Waals surface area contributed by atoms with Crippen LogP contribution in [0.1, 0.15) is 24.3 Å². The molecule has 0 fully saturated rings. The van der Waals surface area contributed by atoms with Crippen molar-refractivity contribution in [2.45, 2.75) is 13.1 Å². The Morgan fingerprint density at radius 1 is 1.20 bits per heavy atom. The van der Waals surface area contributed by atoms with Gasteiger partial charge in [-0.1, -0.05) is 30.3 Å². The van der Waals surface area contributed by atoms with Crippen LogP contribution in [0.2, 0.25) is 0 Å². The van der Waals surface area contributed by atoms with Crippen molar-refractivity contribution in [1.29, 1.82) is 0 Å². The third kappa shape index (κ3) is 1.97. The SMILES string of the molecule is CC1=C(c2ccn[nH]2)C(=O)NC(c2ccccc2)N1C. The van der Waals surface area contributed by atoms with Crippen molar-refractivity contribution in [1.82, 2.24) is 20.4 Å². The molecular formula is C15H16N4O. The average molecular weight is 268 g/mol. The van der Waals surface area contributed by atoms with Gasteiger partial charge in [-0.3, -0.25) is 9.89 Å². The first kappa shape index (κ1) is 12.5. The molecule has 0 saturated carbocycles. The molecule has 1 aliphatic heterocycles. The lowest BCUT2D eigenvalue weighted by atomic mass is 10.0. The van der Waals surface area contributed by atoms with Gasteiger partial charge in [0, 0.05) is 18.9 Å². The summed E-state index contributed by atoms with van der Waals surface area (Å²) >= 11 is 0. The average Bonchev–Trinajstić information content (AvgIpc) is 2.98. The van der Waals surface area contributed by atoms with Gasteiger partial charge in [0.05, 0.1) is 11.3 Å². The normalized spacial score (nSPS) is 19.2. The molecule has 1 unspecified atom stereocenters. The number of allylic oxidation sites excluding steroid dienone is 1. The zero-order valence-corrected chi connectivity index (χ0v) is 11.4.